The van der Waals surface area contributed by atoms with Gasteiger partial charge in [-0.25, -0.2) is 4.79 Å². The van der Waals surface area contributed by atoms with Gasteiger partial charge >= 0.3 is 5.97 Å². The summed E-state index contributed by atoms with van der Waals surface area (Å²) in [5.41, 5.74) is 6.06. The Balaban J connectivity index is 2.84. The lowest BCUT2D eigenvalue weighted by molar-refractivity contribution is -0.141. The maximum absolute atomic E-state index is 12.5. The van der Waals surface area contributed by atoms with E-state index in [9.17, 15) is 29.4 Å². The maximum Gasteiger partial charge on any atom is 0.327 e. The minimum absolute atomic E-state index is 0.00209. The standard InChI is InChI=1S/C18H26N4O7S/c1-9(23)15(19)17(27)20-7-14(25)21-12(6-10-2-4-11(24)5-3-10)16(26)22-13(8-30)18(28)29/h2-5,9,12-13,15,23-24,30H,6-8,19H2,1H3,(H,20,27)(H,21,25)(H,22,26)(H,28,29). The average molecular weight is 442 g/mol. The summed E-state index contributed by atoms with van der Waals surface area (Å²) in [6, 6.07) is 2.24. The highest BCUT2D eigenvalue weighted by molar-refractivity contribution is 7.80. The van der Waals surface area contributed by atoms with Gasteiger partial charge in [-0.2, -0.15) is 12.6 Å². The molecular weight excluding hydrogens is 416 g/mol. The first-order valence-corrected chi connectivity index (χ1v) is 9.61. The quantitative estimate of drug-likeness (QED) is 0.176. The number of hydrogen-bond acceptors (Lipinski definition) is 8. The summed E-state index contributed by atoms with van der Waals surface area (Å²) in [5, 5.41) is 34.7. The van der Waals surface area contributed by atoms with Crippen LogP contribution in [0.3, 0.4) is 0 Å². The van der Waals surface area contributed by atoms with Crippen molar-refractivity contribution in [3.05, 3.63) is 29.8 Å². The number of amides is 3. The Kier molecular flexibility index (Phi) is 10.1. The fourth-order valence-corrected chi connectivity index (χ4v) is 2.53. The number of phenolic OH excluding ortho intramolecular Hbond substituents is 1. The number of rotatable bonds is 11. The number of aliphatic hydroxyl groups excluding tert-OH is 1. The lowest BCUT2D eigenvalue weighted by atomic mass is 10.0. The number of phenols is 1. The molecule has 0 fully saturated rings. The molecule has 0 spiro atoms. The van der Waals surface area contributed by atoms with Crippen LogP contribution in [0.2, 0.25) is 0 Å². The number of aliphatic carboxylic acids is 1. The van der Waals surface area contributed by atoms with E-state index in [0.717, 1.165) is 0 Å². The molecule has 0 aromatic heterocycles. The molecule has 8 N–H and O–H groups in total. The lowest BCUT2D eigenvalue weighted by Crippen LogP contribution is -2.55. The van der Waals surface area contributed by atoms with Crippen molar-refractivity contribution < 1.29 is 34.5 Å². The van der Waals surface area contributed by atoms with Crippen molar-refractivity contribution in [2.24, 2.45) is 5.73 Å². The molecule has 166 valence electrons. The molecule has 0 bridgehead atoms. The number of carboxylic acid groups (broad SMARTS) is 1. The molecule has 0 aliphatic rings. The zero-order valence-corrected chi connectivity index (χ0v) is 17.1. The molecule has 0 radical (unpaired) electrons. The van der Waals surface area contributed by atoms with Crippen molar-refractivity contribution in [1.82, 2.24) is 16.0 Å². The molecule has 4 atom stereocenters. The predicted molar refractivity (Wildman–Crippen MR) is 110 cm³/mol. The Morgan fingerprint density at radius 1 is 1.07 bits per heavy atom. The average Bonchev–Trinajstić information content (AvgIpc) is 2.70. The van der Waals surface area contributed by atoms with Crippen LogP contribution >= 0.6 is 12.6 Å². The molecular formula is C18H26N4O7S. The SMILES string of the molecule is CC(O)C(N)C(=O)NCC(=O)NC(Cc1ccc(O)cc1)C(=O)NC(CS)C(=O)O. The summed E-state index contributed by atoms with van der Waals surface area (Å²) in [6.07, 6.45) is -1.12. The topological polar surface area (TPSA) is 191 Å². The minimum Gasteiger partial charge on any atom is -0.508 e. The van der Waals surface area contributed by atoms with Crippen LogP contribution in [0.5, 0.6) is 5.75 Å². The second-order valence-corrected chi connectivity index (χ2v) is 6.92. The van der Waals surface area contributed by atoms with Gasteiger partial charge in [0, 0.05) is 12.2 Å². The monoisotopic (exact) mass is 442 g/mol. The van der Waals surface area contributed by atoms with Crippen molar-refractivity contribution in [3.63, 3.8) is 0 Å². The van der Waals surface area contributed by atoms with E-state index >= 15 is 0 Å². The first-order chi connectivity index (χ1) is 14.0. The van der Waals surface area contributed by atoms with E-state index in [4.69, 9.17) is 10.8 Å². The van der Waals surface area contributed by atoms with Gasteiger partial charge in [0.1, 0.15) is 23.9 Å². The highest BCUT2D eigenvalue weighted by atomic mass is 32.1. The van der Waals surface area contributed by atoms with Gasteiger partial charge in [0.05, 0.1) is 12.6 Å². The summed E-state index contributed by atoms with van der Waals surface area (Å²) >= 11 is 3.88. The number of hydrogen-bond donors (Lipinski definition) is 8. The fraction of sp³-hybridized carbons (Fsp3) is 0.444. The second-order valence-electron chi connectivity index (χ2n) is 6.56. The number of carboxylic acids is 1. The van der Waals surface area contributed by atoms with E-state index in [-0.39, 0.29) is 17.9 Å². The van der Waals surface area contributed by atoms with Gasteiger partial charge in [-0.1, -0.05) is 12.1 Å². The Morgan fingerprint density at radius 3 is 2.17 bits per heavy atom. The van der Waals surface area contributed by atoms with Gasteiger partial charge < -0.3 is 37.0 Å². The summed E-state index contributed by atoms with van der Waals surface area (Å²) in [4.78, 5) is 47.6. The van der Waals surface area contributed by atoms with Crippen LogP contribution in [0.15, 0.2) is 24.3 Å². The van der Waals surface area contributed by atoms with Crippen LogP contribution in [0, 0.1) is 0 Å². The summed E-state index contributed by atoms with van der Waals surface area (Å²) < 4.78 is 0. The number of thiol groups is 1. The third-order valence-electron chi connectivity index (χ3n) is 4.07. The number of aromatic hydroxyl groups is 1. The Labute approximate surface area is 178 Å². The summed E-state index contributed by atoms with van der Waals surface area (Å²) in [6.45, 7) is 0.816. The minimum atomic E-state index is -1.28. The van der Waals surface area contributed by atoms with Crippen LogP contribution in [-0.4, -0.2) is 75.5 Å². The summed E-state index contributed by atoms with van der Waals surface area (Å²) in [5.74, 6) is -3.66. The first kappa shape index (κ1) is 25.2. The van der Waals surface area contributed by atoms with Crippen LogP contribution < -0.4 is 21.7 Å². The van der Waals surface area contributed by atoms with Crippen LogP contribution in [0.25, 0.3) is 0 Å². The van der Waals surface area contributed by atoms with Crippen molar-refractivity contribution >= 4 is 36.3 Å². The highest BCUT2D eigenvalue weighted by Crippen LogP contribution is 2.11. The van der Waals surface area contributed by atoms with Crippen molar-refractivity contribution in [2.45, 2.75) is 37.6 Å². The van der Waals surface area contributed by atoms with Gasteiger partial charge in [-0.05, 0) is 24.6 Å². The summed E-state index contributed by atoms with van der Waals surface area (Å²) in [7, 11) is 0. The Hall–Kier alpha value is -2.83. The van der Waals surface area contributed by atoms with E-state index in [1.54, 1.807) is 12.1 Å². The molecule has 0 aliphatic carbocycles. The number of carbonyl (C=O) groups is 4. The molecule has 0 saturated carbocycles. The van der Waals surface area contributed by atoms with Gasteiger partial charge in [-0.15, -0.1) is 0 Å². The maximum atomic E-state index is 12.5. The normalized spacial score (nSPS) is 14.7. The molecule has 1 aromatic rings. The second kappa shape index (κ2) is 12.0. The van der Waals surface area contributed by atoms with E-state index in [1.807, 2.05) is 0 Å². The van der Waals surface area contributed by atoms with E-state index in [2.05, 4.69) is 28.6 Å². The fourth-order valence-electron chi connectivity index (χ4n) is 2.28. The predicted octanol–water partition coefficient (Wildman–Crippen LogP) is -2.26. The van der Waals surface area contributed by atoms with Gasteiger partial charge in [0.2, 0.25) is 17.7 Å². The Bertz CT molecular complexity index is 757. The third-order valence-corrected chi connectivity index (χ3v) is 4.44. The molecule has 3 amide bonds. The molecule has 1 aromatic carbocycles. The van der Waals surface area contributed by atoms with Gasteiger partial charge in [0.25, 0.3) is 0 Å². The van der Waals surface area contributed by atoms with E-state index in [0.29, 0.717) is 5.56 Å². The van der Waals surface area contributed by atoms with Crippen molar-refractivity contribution in [3.8, 4) is 5.75 Å². The third kappa shape index (κ3) is 8.27. The van der Waals surface area contributed by atoms with Crippen LogP contribution in [0.4, 0.5) is 0 Å². The molecule has 0 heterocycles. The molecule has 30 heavy (non-hydrogen) atoms. The van der Waals surface area contributed by atoms with E-state index in [1.165, 1.54) is 19.1 Å². The highest BCUT2D eigenvalue weighted by Gasteiger charge is 2.26. The Morgan fingerprint density at radius 2 is 1.67 bits per heavy atom. The molecule has 0 aliphatic heterocycles. The number of nitrogens with one attached hydrogen (secondary N) is 3. The zero-order chi connectivity index (χ0) is 22.8. The smallest absolute Gasteiger partial charge is 0.327 e. The van der Waals surface area contributed by atoms with Crippen molar-refractivity contribution in [2.75, 3.05) is 12.3 Å². The largest absolute Gasteiger partial charge is 0.508 e. The lowest BCUT2D eigenvalue weighted by Gasteiger charge is -2.21. The number of aliphatic hydroxyl groups is 1. The molecule has 0 saturated heterocycles. The molecule has 11 nitrogen and oxygen atoms in total. The van der Waals surface area contributed by atoms with E-state index < -0.39 is 54.5 Å². The number of carbonyl (C=O) groups excluding carboxylic acids is 3. The zero-order valence-electron chi connectivity index (χ0n) is 16.2. The number of nitrogens with two attached hydrogens (primary N) is 1. The van der Waals surface area contributed by atoms with Crippen LogP contribution in [-0.2, 0) is 25.6 Å². The number of benzene rings is 1. The van der Waals surface area contributed by atoms with Gasteiger partial charge in [0.15, 0.2) is 0 Å². The van der Waals surface area contributed by atoms with Crippen LogP contribution in [0.1, 0.15) is 12.5 Å². The van der Waals surface area contributed by atoms with Crippen molar-refractivity contribution in [1.29, 1.82) is 0 Å². The molecule has 1 rings (SSSR count). The molecule has 12 heteroatoms. The molecule has 4 unspecified atom stereocenters. The van der Waals surface area contributed by atoms with Gasteiger partial charge in [-0.3, -0.25) is 14.4 Å². The first-order valence-electron chi connectivity index (χ1n) is 8.97.